The molecular weight excluding hydrogens is 309 g/mol. The van der Waals surface area contributed by atoms with Gasteiger partial charge in [-0.1, -0.05) is 12.1 Å². The number of piperidine rings is 1. The number of nitrogens with one attached hydrogen (secondary N) is 2. The number of carbonyl (C=O) groups is 1. The number of hydrogen-bond donors (Lipinski definition) is 3. The summed E-state index contributed by atoms with van der Waals surface area (Å²) in [5.41, 5.74) is 5.42. The van der Waals surface area contributed by atoms with E-state index in [4.69, 9.17) is 5.73 Å². The number of guanidine groups is 1. The van der Waals surface area contributed by atoms with Crippen molar-refractivity contribution in [2.75, 3.05) is 6.54 Å². The van der Waals surface area contributed by atoms with Gasteiger partial charge in [0.2, 0.25) is 5.91 Å². The Morgan fingerprint density at radius 2 is 2.22 bits per heavy atom. The van der Waals surface area contributed by atoms with E-state index in [-0.39, 0.29) is 24.5 Å². The second-order valence-corrected chi connectivity index (χ2v) is 5.44. The monoisotopic (exact) mass is 328 g/mol. The molecular formula is C15H19F3N4O. The largest absolute Gasteiger partial charge is 0.416 e. The van der Waals surface area contributed by atoms with Gasteiger partial charge in [-0.15, -0.1) is 0 Å². The molecule has 2 rings (SSSR count). The van der Waals surface area contributed by atoms with Crippen molar-refractivity contribution >= 4 is 11.9 Å². The van der Waals surface area contributed by atoms with Crippen LogP contribution in [0.2, 0.25) is 0 Å². The van der Waals surface area contributed by atoms with Crippen LogP contribution in [0.4, 0.5) is 13.2 Å². The molecule has 1 saturated heterocycles. The number of amides is 1. The molecule has 0 saturated carbocycles. The highest BCUT2D eigenvalue weighted by atomic mass is 19.4. The summed E-state index contributed by atoms with van der Waals surface area (Å²) in [6.45, 7) is 0.503. The van der Waals surface area contributed by atoms with Crippen LogP contribution in [0.25, 0.3) is 0 Å². The van der Waals surface area contributed by atoms with Gasteiger partial charge in [-0.2, -0.15) is 13.2 Å². The molecule has 0 bridgehead atoms. The van der Waals surface area contributed by atoms with E-state index >= 15 is 0 Å². The van der Waals surface area contributed by atoms with Crippen molar-refractivity contribution in [3.63, 3.8) is 0 Å². The molecule has 0 aliphatic carbocycles. The lowest BCUT2D eigenvalue weighted by atomic mass is 10.0. The standard InChI is InChI=1S/C15H19F3N4O/c16-15(17,18)11-4-1-3-10(7-11)8-20-14(19)21-9-12-5-2-6-13(23)22-12/h1,3-4,7,12H,2,5-6,8-9H2,(H,22,23)(H3,19,20,21). The third-order valence-corrected chi connectivity index (χ3v) is 3.54. The normalized spacial score (nSPS) is 19.3. The summed E-state index contributed by atoms with van der Waals surface area (Å²) in [4.78, 5) is 15.3. The van der Waals surface area contributed by atoms with Gasteiger partial charge in [0.15, 0.2) is 5.96 Å². The first-order valence-electron chi connectivity index (χ1n) is 7.34. The van der Waals surface area contributed by atoms with E-state index in [9.17, 15) is 18.0 Å². The number of nitrogens with two attached hydrogens (primary N) is 1. The van der Waals surface area contributed by atoms with E-state index in [2.05, 4.69) is 15.6 Å². The van der Waals surface area contributed by atoms with Crippen molar-refractivity contribution in [3.8, 4) is 0 Å². The first-order chi connectivity index (χ1) is 10.8. The molecule has 1 amide bonds. The van der Waals surface area contributed by atoms with E-state index < -0.39 is 11.7 Å². The molecule has 1 aliphatic rings. The van der Waals surface area contributed by atoms with E-state index in [0.717, 1.165) is 25.0 Å². The number of alkyl halides is 3. The molecule has 1 aliphatic heterocycles. The Labute approximate surface area is 132 Å². The summed E-state index contributed by atoms with van der Waals surface area (Å²) in [5.74, 6) is 0.157. The Balaban J connectivity index is 1.86. The topological polar surface area (TPSA) is 79.5 Å². The zero-order chi connectivity index (χ0) is 16.9. The molecule has 1 heterocycles. The molecule has 23 heavy (non-hydrogen) atoms. The molecule has 126 valence electrons. The highest BCUT2D eigenvalue weighted by Gasteiger charge is 2.30. The van der Waals surface area contributed by atoms with Gasteiger partial charge >= 0.3 is 6.18 Å². The van der Waals surface area contributed by atoms with Crippen molar-refractivity contribution in [2.45, 2.75) is 38.0 Å². The van der Waals surface area contributed by atoms with E-state index in [1.54, 1.807) is 6.07 Å². The predicted molar refractivity (Wildman–Crippen MR) is 80.6 cm³/mol. The lowest BCUT2D eigenvalue weighted by Gasteiger charge is -2.23. The summed E-state index contributed by atoms with van der Waals surface area (Å²) in [5, 5.41) is 5.71. The third kappa shape index (κ3) is 5.46. The van der Waals surface area contributed by atoms with Crippen LogP contribution >= 0.6 is 0 Å². The molecule has 1 unspecified atom stereocenters. The summed E-state index contributed by atoms with van der Waals surface area (Å²) in [6, 6.07) is 4.97. The highest BCUT2D eigenvalue weighted by Crippen LogP contribution is 2.29. The highest BCUT2D eigenvalue weighted by molar-refractivity contribution is 5.79. The number of halogens is 3. The van der Waals surface area contributed by atoms with Crippen LogP contribution in [0.15, 0.2) is 29.3 Å². The van der Waals surface area contributed by atoms with Crippen molar-refractivity contribution in [2.24, 2.45) is 10.7 Å². The van der Waals surface area contributed by atoms with E-state index in [1.165, 1.54) is 6.07 Å². The van der Waals surface area contributed by atoms with Crippen LogP contribution in [-0.4, -0.2) is 24.5 Å². The predicted octanol–water partition coefficient (Wildman–Crippen LogP) is 1.78. The minimum atomic E-state index is -4.37. The molecule has 0 radical (unpaired) electrons. The number of aliphatic imine (C=N–C) groups is 1. The minimum absolute atomic E-state index is 0.00134. The summed E-state index contributed by atoms with van der Waals surface area (Å²) >= 11 is 0. The van der Waals surface area contributed by atoms with Gasteiger partial charge in [0, 0.05) is 19.0 Å². The Morgan fingerprint density at radius 1 is 1.43 bits per heavy atom. The molecule has 5 nitrogen and oxygen atoms in total. The molecule has 1 aromatic rings. The van der Waals surface area contributed by atoms with Crippen molar-refractivity contribution < 1.29 is 18.0 Å². The molecule has 0 aromatic heterocycles. The van der Waals surface area contributed by atoms with E-state index in [1.807, 2.05) is 0 Å². The maximum Gasteiger partial charge on any atom is 0.416 e. The fourth-order valence-electron chi connectivity index (χ4n) is 2.34. The second kappa shape index (κ2) is 7.34. The van der Waals surface area contributed by atoms with Gasteiger partial charge in [0.05, 0.1) is 12.1 Å². The van der Waals surface area contributed by atoms with Gasteiger partial charge in [-0.05, 0) is 30.5 Å². The fraction of sp³-hybridized carbons (Fsp3) is 0.467. The lowest BCUT2D eigenvalue weighted by molar-refractivity contribution is -0.137. The molecule has 8 heteroatoms. The number of nitrogens with zero attached hydrogens (tertiary/aromatic N) is 1. The SMILES string of the molecule is NC(=NCc1cccc(C(F)(F)F)c1)NCC1CCCC(=O)N1. The molecule has 0 spiro atoms. The van der Waals surface area contributed by atoms with Gasteiger partial charge in [0.25, 0.3) is 0 Å². The van der Waals surface area contributed by atoms with Gasteiger partial charge < -0.3 is 16.4 Å². The van der Waals surface area contributed by atoms with Crippen LogP contribution in [0.3, 0.4) is 0 Å². The summed E-state index contributed by atoms with van der Waals surface area (Å²) < 4.78 is 37.9. The first kappa shape index (κ1) is 17.1. The lowest BCUT2D eigenvalue weighted by Crippen LogP contribution is -2.47. The number of rotatable bonds is 4. The Hall–Kier alpha value is -2.25. The molecule has 1 fully saturated rings. The van der Waals surface area contributed by atoms with Crippen LogP contribution in [0, 0.1) is 0 Å². The van der Waals surface area contributed by atoms with E-state index in [0.29, 0.717) is 18.5 Å². The Morgan fingerprint density at radius 3 is 2.91 bits per heavy atom. The summed E-state index contributed by atoms with van der Waals surface area (Å²) in [6.07, 6.45) is -2.14. The Kier molecular flexibility index (Phi) is 5.46. The van der Waals surface area contributed by atoms with Crippen molar-refractivity contribution in [1.82, 2.24) is 10.6 Å². The number of hydrogen-bond acceptors (Lipinski definition) is 2. The maximum absolute atomic E-state index is 12.6. The average molecular weight is 328 g/mol. The van der Waals surface area contributed by atoms with Crippen LogP contribution in [0.1, 0.15) is 30.4 Å². The fourth-order valence-corrected chi connectivity index (χ4v) is 2.34. The number of carbonyl (C=O) groups excluding carboxylic acids is 1. The zero-order valence-corrected chi connectivity index (χ0v) is 12.5. The number of benzene rings is 1. The van der Waals surface area contributed by atoms with Crippen LogP contribution in [0.5, 0.6) is 0 Å². The molecule has 4 N–H and O–H groups in total. The average Bonchev–Trinajstić information content (AvgIpc) is 2.50. The second-order valence-electron chi connectivity index (χ2n) is 5.44. The Bertz CT molecular complexity index is 586. The van der Waals surface area contributed by atoms with Gasteiger partial charge in [-0.25, -0.2) is 4.99 Å². The third-order valence-electron chi connectivity index (χ3n) is 3.54. The molecule has 1 aromatic carbocycles. The quantitative estimate of drug-likeness (QED) is 0.582. The minimum Gasteiger partial charge on any atom is -0.370 e. The first-order valence-corrected chi connectivity index (χ1v) is 7.34. The smallest absolute Gasteiger partial charge is 0.370 e. The maximum atomic E-state index is 12.6. The summed E-state index contributed by atoms with van der Waals surface area (Å²) in [7, 11) is 0. The van der Waals surface area contributed by atoms with Gasteiger partial charge in [0.1, 0.15) is 0 Å². The van der Waals surface area contributed by atoms with Crippen LogP contribution < -0.4 is 16.4 Å². The van der Waals surface area contributed by atoms with Crippen LogP contribution in [-0.2, 0) is 17.5 Å². The van der Waals surface area contributed by atoms with Gasteiger partial charge in [-0.3, -0.25) is 4.79 Å². The molecule has 1 atom stereocenters. The zero-order valence-electron chi connectivity index (χ0n) is 12.5. The van der Waals surface area contributed by atoms with Crippen molar-refractivity contribution in [3.05, 3.63) is 35.4 Å². The van der Waals surface area contributed by atoms with Crippen molar-refractivity contribution in [1.29, 1.82) is 0 Å².